The monoisotopic (exact) mass is 242 g/mol. The van der Waals surface area contributed by atoms with Gasteiger partial charge in [0.05, 0.1) is 11.3 Å². The first-order valence-electron chi connectivity index (χ1n) is 6.77. The molecule has 0 unspecified atom stereocenters. The molecule has 0 aliphatic heterocycles. The summed E-state index contributed by atoms with van der Waals surface area (Å²) in [5.74, 6) is 0. The Balaban J connectivity index is 2.07. The normalized spacial score (nSPS) is 19.2. The average Bonchev–Trinajstić information content (AvgIpc) is 2.32. The molecule has 0 aromatic heterocycles. The first-order valence-corrected chi connectivity index (χ1v) is 6.77. The first-order chi connectivity index (χ1) is 8.50. The van der Waals surface area contributed by atoms with Crippen LogP contribution in [0.5, 0.6) is 0 Å². The summed E-state index contributed by atoms with van der Waals surface area (Å²) >= 11 is 0. The van der Waals surface area contributed by atoms with Crippen LogP contribution in [-0.2, 0) is 0 Å². The Morgan fingerprint density at radius 1 is 1.28 bits per heavy atom. The number of nitrogens with zero attached hydrogens (tertiary/aromatic N) is 1. The highest BCUT2D eigenvalue weighted by atomic mass is 14.9. The summed E-state index contributed by atoms with van der Waals surface area (Å²) in [6, 6.07) is 8.77. The lowest BCUT2D eigenvalue weighted by molar-refractivity contribution is 0.232. The van der Waals surface area contributed by atoms with E-state index in [0.717, 1.165) is 11.3 Å². The predicted octanol–water partition coefficient (Wildman–Crippen LogP) is 4.25. The van der Waals surface area contributed by atoms with E-state index in [1.54, 1.807) is 0 Å². The highest BCUT2D eigenvalue weighted by Gasteiger charge is 2.26. The molecule has 0 radical (unpaired) electrons. The van der Waals surface area contributed by atoms with Gasteiger partial charge in [0.2, 0.25) is 0 Å². The lowest BCUT2D eigenvalue weighted by atomic mass is 9.75. The van der Waals surface area contributed by atoms with Crippen molar-refractivity contribution in [2.75, 3.05) is 5.32 Å². The van der Waals surface area contributed by atoms with Crippen molar-refractivity contribution in [3.8, 4) is 6.07 Å². The standard InChI is InChI=1S/C16H22N2/c1-12-4-5-13(11-17)15(10-12)18-14-6-8-16(2,3)9-7-14/h4-5,10,14,18H,6-9H2,1-3H3. The van der Waals surface area contributed by atoms with Gasteiger partial charge in [-0.15, -0.1) is 0 Å². The number of rotatable bonds is 2. The molecular formula is C16H22N2. The van der Waals surface area contributed by atoms with Crippen LogP contribution in [0, 0.1) is 23.7 Å². The second kappa shape index (κ2) is 5.02. The fourth-order valence-electron chi connectivity index (χ4n) is 2.64. The van der Waals surface area contributed by atoms with E-state index in [1.807, 2.05) is 12.1 Å². The van der Waals surface area contributed by atoms with Gasteiger partial charge in [-0.1, -0.05) is 19.9 Å². The number of anilines is 1. The van der Waals surface area contributed by atoms with E-state index in [-0.39, 0.29) is 0 Å². The second-order valence-electron chi connectivity index (χ2n) is 6.24. The summed E-state index contributed by atoms with van der Waals surface area (Å²) in [7, 11) is 0. The predicted molar refractivity (Wildman–Crippen MR) is 75.6 cm³/mol. The summed E-state index contributed by atoms with van der Waals surface area (Å²) < 4.78 is 0. The maximum Gasteiger partial charge on any atom is 0.101 e. The molecule has 0 heterocycles. The van der Waals surface area contributed by atoms with Gasteiger partial charge in [-0.3, -0.25) is 0 Å². The molecule has 0 amide bonds. The van der Waals surface area contributed by atoms with Crippen LogP contribution in [0.1, 0.15) is 50.7 Å². The van der Waals surface area contributed by atoms with Gasteiger partial charge >= 0.3 is 0 Å². The van der Waals surface area contributed by atoms with Crippen LogP contribution in [0.4, 0.5) is 5.69 Å². The molecule has 18 heavy (non-hydrogen) atoms. The Hall–Kier alpha value is -1.49. The topological polar surface area (TPSA) is 35.8 Å². The highest BCUT2D eigenvalue weighted by Crippen LogP contribution is 2.36. The maximum absolute atomic E-state index is 9.13. The number of nitriles is 1. The minimum atomic E-state index is 0.489. The molecule has 1 aromatic carbocycles. The number of aryl methyl sites for hydroxylation is 1. The zero-order chi connectivity index (χ0) is 13.2. The zero-order valence-electron chi connectivity index (χ0n) is 11.6. The number of hydrogen-bond donors (Lipinski definition) is 1. The molecule has 1 fully saturated rings. The van der Waals surface area contributed by atoms with E-state index in [4.69, 9.17) is 5.26 Å². The summed E-state index contributed by atoms with van der Waals surface area (Å²) in [5.41, 5.74) is 3.45. The van der Waals surface area contributed by atoms with Crippen molar-refractivity contribution in [2.45, 2.75) is 52.5 Å². The Morgan fingerprint density at radius 3 is 2.56 bits per heavy atom. The third-order valence-corrected chi connectivity index (χ3v) is 3.99. The van der Waals surface area contributed by atoms with Gasteiger partial charge in [0, 0.05) is 6.04 Å². The minimum absolute atomic E-state index is 0.489. The molecule has 1 saturated carbocycles. The number of nitrogens with one attached hydrogen (secondary N) is 1. The molecule has 0 atom stereocenters. The molecule has 1 aliphatic rings. The van der Waals surface area contributed by atoms with Crippen LogP contribution in [0.3, 0.4) is 0 Å². The van der Waals surface area contributed by atoms with Crippen LogP contribution in [0.2, 0.25) is 0 Å². The lowest BCUT2D eigenvalue weighted by Crippen LogP contribution is -2.30. The Labute approximate surface area is 110 Å². The van der Waals surface area contributed by atoms with E-state index >= 15 is 0 Å². The minimum Gasteiger partial charge on any atom is -0.381 e. The van der Waals surface area contributed by atoms with E-state index < -0.39 is 0 Å². The molecule has 0 spiro atoms. The molecule has 2 rings (SSSR count). The highest BCUT2D eigenvalue weighted by molar-refractivity contribution is 5.59. The van der Waals surface area contributed by atoms with Crippen molar-refractivity contribution in [1.82, 2.24) is 0 Å². The summed E-state index contributed by atoms with van der Waals surface area (Å²) in [6.45, 7) is 6.75. The Bertz CT molecular complexity index is 458. The SMILES string of the molecule is Cc1ccc(C#N)c(NC2CCC(C)(C)CC2)c1. The van der Waals surface area contributed by atoms with Crippen LogP contribution < -0.4 is 5.32 Å². The third kappa shape index (κ3) is 3.04. The van der Waals surface area contributed by atoms with E-state index in [0.29, 0.717) is 11.5 Å². The van der Waals surface area contributed by atoms with Crippen LogP contribution in [0.15, 0.2) is 18.2 Å². The quantitative estimate of drug-likeness (QED) is 0.841. The summed E-state index contributed by atoms with van der Waals surface area (Å²) in [5, 5.41) is 12.7. The molecule has 1 aromatic rings. The largest absolute Gasteiger partial charge is 0.381 e. The zero-order valence-corrected chi connectivity index (χ0v) is 11.6. The van der Waals surface area contributed by atoms with Gasteiger partial charge in [-0.05, 0) is 55.7 Å². The molecule has 2 nitrogen and oxygen atoms in total. The van der Waals surface area contributed by atoms with Crippen molar-refractivity contribution >= 4 is 5.69 Å². The first kappa shape index (κ1) is 13.0. The van der Waals surface area contributed by atoms with Gasteiger partial charge in [0.15, 0.2) is 0 Å². The molecule has 2 heteroatoms. The van der Waals surface area contributed by atoms with E-state index in [9.17, 15) is 0 Å². The van der Waals surface area contributed by atoms with Crippen molar-refractivity contribution < 1.29 is 0 Å². The fourth-order valence-corrected chi connectivity index (χ4v) is 2.64. The molecular weight excluding hydrogens is 220 g/mol. The van der Waals surface area contributed by atoms with Crippen LogP contribution in [-0.4, -0.2) is 6.04 Å². The molecule has 1 aliphatic carbocycles. The van der Waals surface area contributed by atoms with Crippen molar-refractivity contribution in [3.05, 3.63) is 29.3 Å². The van der Waals surface area contributed by atoms with E-state index in [2.05, 4.69) is 38.2 Å². The van der Waals surface area contributed by atoms with Gasteiger partial charge in [0.1, 0.15) is 6.07 Å². The Morgan fingerprint density at radius 2 is 1.94 bits per heavy atom. The van der Waals surface area contributed by atoms with Crippen molar-refractivity contribution in [3.63, 3.8) is 0 Å². The molecule has 0 saturated heterocycles. The van der Waals surface area contributed by atoms with Gasteiger partial charge in [-0.2, -0.15) is 5.26 Å². The van der Waals surface area contributed by atoms with Crippen LogP contribution >= 0.6 is 0 Å². The number of hydrogen-bond acceptors (Lipinski definition) is 2. The molecule has 1 N–H and O–H groups in total. The third-order valence-electron chi connectivity index (χ3n) is 3.99. The van der Waals surface area contributed by atoms with Crippen molar-refractivity contribution in [2.24, 2.45) is 5.41 Å². The van der Waals surface area contributed by atoms with E-state index in [1.165, 1.54) is 31.2 Å². The van der Waals surface area contributed by atoms with Crippen molar-refractivity contribution in [1.29, 1.82) is 5.26 Å². The average molecular weight is 242 g/mol. The summed E-state index contributed by atoms with van der Waals surface area (Å²) in [6.07, 6.45) is 4.92. The number of benzene rings is 1. The van der Waals surface area contributed by atoms with Gasteiger partial charge < -0.3 is 5.32 Å². The molecule has 96 valence electrons. The van der Waals surface area contributed by atoms with Gasteiger partial charge in [0.25, 0.3) is 0 Å². The lowest BCUT2D eigenvalue weighted by Gasteiger charge is -2.35. The molecule has 0 bridgehead atoms. The summed E-state index contributed by atoms with van der Waals surface area (Å²) in [4.78, 5) is 0. The second-order valence-corrected chi connectivity index (χ2v) is 6.24. The van der Waals surface area contributed by atoms with Crippen LogP contribution in [0.25, 0.3) is 0 Å². The fraction of sp³-hybridized carbons (Fsp3) is 0.562. The van der Waals surface area contributed by atoms with Gasteiger partial charge in [-0.25, -0.2) is 0 Å². The smallest absolute Gasteiger partial charge is 0.101 e. The maximum atomic E-state index is 9.13. The Kier molecular flexibility index (Phi) is 3.61.